The fourth-order valence-corrected chi connectivity index (χ4v) is 1.35. The third-order valence-corrected chi connectivity index (χ3v) is 2.22. The van der Waals surface area contributed by atoms with Crippen molar-refractivity contribution in [2.24, 2.45) is 5.73 Å². The fraction of sp³-hybridized carbons (Fsp3) is 0.364. The summed E-state index contributed by atoms with van der Waals surface area (Å²) < 4.78 is 18.1. The maximum Gasteiger partial charge on any atom is 0.313 e. The lowest BCUT2D eigenvalue weighted by Crippen LogP contribution is -2.09. The zero-order chi connectivity index (χ0) is 13.5. The van der Waals surface area contributed by atoms with Crippen LogP contribution in [0.4, 0.5) is 10.1 Å². The quantitative estimate of drug-likeness (QED) is 0.256. The number of benzene rings is 1. The average molecular weight is 255 g/mol. The molecule has 0 heterocycles. The fourth-order valence-electron chi connectivity index (χ4n) is 1.35. The van der Waals surface area contributed by atoms with Gasteiger partial charge in [-0.15, -0.1) is 0 Å². The molecule has 1 aromatic rings. The second-order valence-electron chi connectivity index (χ2n) is 3.70. The number of halogens is 1. The van der Waals surface area contributed by atoms with Crippen molar-refractivity contribution >= 4 is 11.5 Å². The highest BCUT2D eigenvalue weighted by molar-refractivity contribution is 5.76. The van der Waals surface area contributed by atoms with Crippen molar-refractivity contribution in [1.29, 1.82) is 5.41 Å². The number of rotatable bonds is 7. The van der Waals surface area contributed by atoms with E-state index in [0.29, 0.717) is 19.3 Å². The van der Waals surface area contributed by atoms with Gasteiger partial charge < -0.3 is 10.5 Å². The normalized spacial score (nSPS) is 10.1. The minimum absolute atomic E-state index is 0.0456. The molecule has 1 rings (SSSR count). The minimum atomic E-state index is -0.687. The van der Waals surface area contributed by atoms with Gasteiger partial charge in [-0.05, 0) is 25.0 Å². The van der Waals surface area contributed by atoms with Gasteiger partial charge in [-0.3, -0.25) is 15.5 Å². The van der Waals surface area contributed by atoms with E-state index < -0.39 is 10.7 Å². The average Bonchev–Trinajstić information content (AvgIpc) is 2.29. The van der Waals surface area contributed by atoms with Gasteiger partial charge in [0.05, 0.1) is 23.4 Å². The molecule has 18 heavy (non-hydrogen) atoms. The minimum Gasteiger partial charge on any atom is -0.487 e. The molecule has 0 atom stereocenters. The highest BCUT2D eigenvalue weighted by atomic mass is 19.1. The zero-order valence-electron chi connectivity index (χ0n) is 9.69. The predicted octanol–water partition coefficient (Wildman–Crippen LogP) is 2.22. The Morgan fingerprint density at radius 2 is 2.22 bits per heavy atom. The molecule has 0 fully saturated rings. The lowest BCUT2D eigenvalue weighted by atomic mass is 10.2. The highest BCUT2D eigenvalue weighted by Crippen LogP contribution is 2.27. The first-order valence-corrected chi connectivity index (χ1v) is 5.40. The van der Waals surface area contributed by atoms with Crippen LogP contribution in [-0.4, -0.2) is 17.4 Å². The van der Waals surface area contributed by atoms with Gasteiger partial charge in [0, 0.05) is 6.42 Å². The molecule has 0 aliphatic heterocycles. The first kappa shape index (κ1) is 13.9. The molecule has 0 aliphatic carbocycles. The Labute approximate surface area is 103 Å². The molecule has 0 unspecified atom stereocenters. The second-order valence-corrected chi connectivity index (χ2v) is 3.70. The second kappa shape index (κ2) is 6.53. The summed E-state index contributed by atoms with van der Waals surface area (Å²) in [6.07, 6.45) is 1.76. The molecule has 6 nitrogen and oxygen atoms in total. The van der Waals surface area contributed by atoms with Crippen LogP contribution >= 0.6 is 0 Å². The molecule has 0 saturated carbocycles. The molecule has 0 aromatic heterocycles. The first-order chi connectivity index (χ1) is 8.50. The SMILES string of the molecule is N=C(N)CCCCOc1ccc(F)cc1[N+](=O)[O-]. The van der Waals surface area contributed by atoms with Gasteiger partial charge in [-0.2, -0.15) is 0 Å². The van der Waals surface area contributed by atoms with Gasteiger partial charge in [-0.1, -0.05) is 0 Å². The van der Waals surface area contributed by atoms with Crippen LogP contribution in [-0.2, 0) is 0 Å². The number of amidine groups is 1. The smallest absolute Gasteiger partial charge is 0.313 e. The summed E-state index contributed by atoms with van der Waals surface area (Å²) in [5.74, 6) is -0.530. The van der Waals surface area contributed by atoms with E-state index in [1.807, 2.05) is 0 Å². The van der Waals surface area contributed by atoms with Crippen molar-refractivity contribution in [3.63, 3.8) is 0 Å². The number of ether oxygens (including phenoxy) is 1. The maximum absolute atomic E-state index is 12.8. The van der Waals surface area contributed by atoms with E-state index in [1.54, 1.807) is 0 Å². The van der Waals surface area contributed by atoms with Crippen LogP contribution in [0, 0.1) is 21.3 Å². The number of nitrogens with one attached hydrogen (secondary N) is 1. The van der Waals surface area contributed by atoms with Crippen molar-refractivity contribution in [2.75, 3.05) is 6.61 Å². The van der Waals surface area contributed by atoms with Crippen LogP contribution in [0.25, 0.3) is 0 Å². The topological polar surface area (TPSA) is 102 Å². The van der Waals surface area contributed by atoms with E-state index >= 15 is 0 Å². The zero-order valence-corrected chi connectivity index (χ0v) is 9.69. The number of nitrogens with zero attached hydrogens (tertiary/aromatic N) is 1. The van der Waals surface area contributed by atoms with Crippen LogP contribution < -0.4 is 10.5 Å². The lowest BCUT2D eigenvalue weighted by molar-refractivity contribution is -0.386. The number of hydrogen-bond acceptors (Lipinski definition) is 4. The largest absolute Gasteiger partial charge is 0.487 e. The number of hydrogen-bond donors (Lipinski definition) is 2. The van der Waals surface area contributed by atoms with Crippen molar-refractivity contribution in [1.82, 2.24) is 0 Å². The molecule has 1 aromatic carbocycles. The summed E-state index contributed by atoms with van der Waals surface area (Å²) in [7, 11) is 0. The number of unbranched alkanes of at least 4 members (excludes halogenated alkanes) is 1. The number of nitro groups is 1. The Morgan fingerprint density at radius 3 is 2.83 bits per heavy atom. The van der Waals surface area contributed by atoms with E-state index in [1.165, 1.54) is 6.07 Å². The van der Waals surface area contributed by atoms with Crippen molar-refractivity contribution in [2.45, 2.75) is 19.3 Å². The van der Waals surface area contributed by atoms with Crippen LogP contribution in [0.15, 0.2) is 18.2 Å². The summed E-state index contributed by atoms with van der Waals surface area (Å²) in [5.41, 5.74) is 4.79. The summed E-state index contributed by atoms with van der Waals surface area (Å²) in [6, 6.07) is 3.17. The Morgan fingerprint density at radius 1 is 1.50 bits per heavy atom. The molecule has 0 spiro atoms. The van der Waals surface area contributed by atoms with Crippen molar-refractivity contribution in [3.05, 3.63) is 34.1 Å². The summed E-state index contributed by atoms with van der Waals surface area (Å²) >= 11 is 0. The Bertz CT molecular complexity index is 451. The van der Waals surface area contributed by atoms with Crippen molar-refractivity contribution < 1.29 is 14.1 Å². The van der Waals surface area contributed by atoms with E-state index in [2.05, 4.69) is 0 Å². The molecule has 3 N–H and O–H groups in total. The van der Waals surface area contributed by atoms with Crippen LogP contribution in [0.2, 0.25) is 0 Å². The maximum atomic E-state index is 12.8. The Hall–Kier alpha value is -2.18. The van der Waals surface area contributed by atoms with E-state index in [4.69, 9.17) is 15.9 Å². The van der Waals surface area contributed by atoms with Gasteiger partial charge >= 0.3 is 5.69 Å². The number of nitro benzene ring substituents is 1. The number of nitrogens with two attached hydrogens (primary N) is 1. The van der Waals surface area contributed by atoms with Gasteiger partial charge in [0.15, 0.2) is 5.75 Å². The molecule has 0 amide bonds. The van der Waals surface area contributed by atoms with Crippen LogP contribution in [0.3, 0.4) is 0 Å². The molecular weight excluding hydrogens is 241 g/mol. The van der Waals surface area contributed by atoms with E-state index in [0.717, 1.165) is 12.1 Å². The van der Waals surface area contributed by atoms with Gasteiger partial charge in [0.25, 0.3) is 0 Å². The summed E-state index contributed by atoms with van der Waals surface area (Å²) in [4.78, 5) is 9.98. The van der Waals surface area contributed by atoms with Gasteiger partial charge in [0.2, 0.25) is 0 Å². The van der Waals surface area contributed by atoms with Crippen LogP contribution in [0.5, 0.6) is 5.75 Å². The summed E-state index contributed by atoms with van der Waals surface area (Å²) in [5, 5.41) is 17.7. The molecule has 0 saturated heterocycles. The highest BCUT2D eigenvalue weighted by Gasteiger charge is 2.15. The lowest BCUT2D eigenvalue weighted by Gasteiger charge is -2.06. The third kappa shape index (κ3) is 4.36. The summed E-state index contributed by atoms with van der Waals surface area (Å²) in [6.45, 7) is 0.264. The van der Waals surface area contributed by atoms with Crippen molar-refractivity contribution in [3.8, 4) is 5.75 Å². The first-order valence-electron chi connectivity index (χ1n) is 5.40. The third-order valence-electron chi connectivity index (χ3n) is 2.22. The van der Waals surface area contributed by atoms with E-state index in [-0.39, 0.29) is 23.9 Å². The Kier molecular flexibility index (Phi) is 5.04. The molecule has 7 heteroatoms. The Balaban J connectivity index is 2.51. The van der Waals surface area contributed by atoms with Crippen LogP contribution in [0.1, 0.15) is 19.3 Å². The standard InChI is InChI=1S/C11H14FN3O3/c12-8-4-5-10(9(7-8)15(16)17)18-6-2-1-3-11(13)14/h4-5,7H,1-3,6H2,(H3,13,14). The molecule has 0 radical (unpaired) electrons. The molecule has 0 aliphatic rings. The molecule has 0 bridgehead atoms. The van der Waals surface area contributed by atoms with E-state index in [9.17, 15) is 14.5 Å². The predicted molar refractivity (Wildman–Crippen MR) is 64.3 cm³/mol. The van der Waals surface area contributed by atoms with Gasteiger partial charge in [0.1, 0.15) is 5.82 Å². The molecular formula is C11H14FN3O3. The molecule has 98 valence electrons. The monoisotopic (exact) mass is 255 g/mol. The van der Waals surface area contributed by atoms with Gasteiger partial charge in [-0.25, -0.2) is 4.39 Å².